The summed E-state index contributed by atoms with van der Waals surface area (Å²) in [6.07, 6.45) is 4.34. The highest BCUT2D eigenvalue weighted by Crippen LogP contribution is 2.50. The third-order valence-electron chi connectivity index (χ3n) is 7.13. The Labute approximate surface area is 182 Å². The minimum atomic E-state index is -0.0160. The van der Waals surface area contributed by atoms with Crippen molar-refractivity contribution in [3.8, 4) is 11.1 Å². The Kier molecular flexibility index (Phi) is 3.78. The molecule has 31 heavy (non-hydrogen) atoms. The molecule has 3 nitrogen and oxygen atoms in total. The third-order valence-corrected chi connectivity index (χ3v) is 7.13. The Morgan fingerprint density at radius 3 is 2.42 bits per heavy atom. The minimum Gasteiger partial charge on any atom is -0.367 e. The van der Waals surface area contributed by atoms with E-state index in [1.54, 1.807) is 0 Å². The summed E-state index contributed by atoms with van der Waals surface area (Å²) in [6.45, 7) is 7.49. The van der Waals surface area contributed by atoms with Crippen molar-refractivity contribution in [3.05, 3.63) is 89.5 Å². The number of fused-ring (bicyclic) bond motifs is 6. The first kappa shape index (κ1) is 18.5. The summed E-state index contributed by atoms with van der Waals surface area (Å²) in [5.74, 6) is 1.10. The number of nitrogens with two attached hydrogens (primary N) is 1. The Morgan fingerprint density at radius 2 is 1.65 bits per heavy atom. The van der Waals surface area contributed by atoms with Crippen LogP contribution in [0.25, 0.3) is 38.8 Å². The number of para-hydroxylation sites is 1. The van der Waals surface area contributed by atoms with Gasteiger partial charge in [0.15, 0.2) is 0 Å². The third kappa shape index (κ3) is 2.50. The Hall–Kier alpha value is -3.30. The smallest absolute Gasteiger partial charge is 0.111 e. The van der Waals surface area contributed by atoms with E-state index in [4.69, 9.17) is 5.73 Å². The molecule has 1 aliphatic heterocycles. The Bertz CT molecular complexity index is 1430. The molecule has 0 spiro atoms. The number of rotatable bonds is 2. The molecule has 1 aliphatic carbocycles. The number of nitrogens with zero attached hydrogens (tertiary/aromatic N) is 1. The van der Waals surface area contributed by atoms with Gasteiger partial charge in [0, 0.05) is 28.8 Å². The zero-order chi connectivity index (χ0) is 21.3. The van der Waals surface area contributed by atoms with Crippen molar-refractivity contribution >= 4 is 27.6 Å². The molecule has 1 aromatic heterocycles. The Balaban J connectivity index is 1.67. The van der Waals surface area contributed by atoms with Gasteiger partial charge in [-0.2, -0.15) is 0 Å². The molecular formula is C28H27N3. The summed E-state index contributed by atoms with van der Waals surface area (Å²) < 4.78 is 2.37. The number of nitrogens with one attached hydrogen (secondary N) is 1. The van der Waals surface area contributed by atoms with Gasteiger partial charge in [0.2, 0.25) is 0 Å². The lowest BCUT2D eigenvalue weighted by Crippen LogP contribution is -2.30. The molecule has 6 rings (SSSR count). The Morgan fingerprint density at radius 1 is 0.871 bits per heavy atom. The van der Waals surface area contributed by atoms with Crippen LogP contribution in [-0.4, -0.2) is 17.2 Å². The lowest BCUT2D eigenvalue weighted by Gasteiger charge is -2.23. The van der Waals surface area contributed by atoms with Crippen LogP contribution in [0.2, 0.25) is 0 Å². The maximum absolute atomic E-state index is 6.10. The molecule has 154 valence electrons. The average molecular weight is 406 g/mol. The molecule has 2 aliphatic rings. The second-order valence-electron chi connectivity index (χ2n) is 9.37. The first-order chi connectivity index (χ1) is 15.0. The van der Waals surface area contributed by atoms with Crippen LogP contribution in [0.15, 0.2) is 78.4 Å². The summed E-state index contributed by atoms with van der Waals surface area (Å²) >= 11 is 0. The van der Waals surface area contributed by atoms with E-state index in [2.05, 4.69) is 96.5 Å². The maximum atomic E-state index is 6.10. The monoisotopic (exact) mass is 405 g/mol. The minimum absolute atomic E-state index is 0.0160. The van der Waals surface area contributed by atoms with Gasteiger partial charge < -0.3 is 11.1 Å². The van der Waals surface area contributed by atoms with E-state index in [1.807, 2.05) is 6.92 Å². The lowest BCUT2D eigenvalue weighted by atomic mass is 9.82. The van der Waals surface area contributed by atoms with Crippen LogP contribution in [0.3, 0.4) is 0 Å². The van der Waals surface area contributed by atoms with E-state index >= 15 is 0 Å². The van der Waals surface area contributed by atoms with Crippen LogP contribution in [0.5, 0.6) is 0 Å². The van der Waals surface area contributed by atoms with Gasteiger partial charge >= 0.3 is 0 Å². The number of hydrogen-bond acceptors (Lipinski definition) is 2. The number of aromatic nitrogens is 1. The largest absolute Gasteiger partial charge is 0.367 e. The van der Waals surface area contributed by atoms with Crippen molar-refractivity contribution in [1.82, 2.24) is 9.88 Å². The summed E-state index contributed by atoms with van der Waals surface area (Å²) in [5, 5.41) is 6.20. The predicted octanol–water partition coefficient (Wildman–Crippen LogP) is 5.78. The predicted molar refractivity (Wildman–Crippen MR) is 131 cm³/mol. The zero-order valence-corrected chi connectivity index (χ0v) is 18.2. The number of dihydropyridines is 1. The first-order valence-corrected chi connectivity index (χ1v) is 11.0. The van der Waals surface area contributed by atoms with Crippen LogP contribution < -0.4 is 11.1 Å². The summed E-state index contributed by atoms with van der Waals surface area (Å²) in [4.78, 5) is 0. The van der Waals surface area contributed by atoms with Gasteiger partial charge in [0.25, 0.3) is 0 Å². The molecule has 4 aromatic rings. The molecule has 0 saturated heterocycles. The van der Waals surface area contributed by atoms with Gasteiger partial charge in [0.05, 0.1) is 11.0 Å². The fourth-order valence-corrected chi connectivity index (χ4v) is 5.39. The molecule has 2 heterocycles. The zero-order valence-electron chi connectivity index (χ0n) is 18.2. The topological polar surface area (TPSA) is 43.0 Å². The highest BCUT2D eigenvalue weighted by atomic mass is 15.1. The summed E-state index contributed by atoms with van der Waals surface area (Å²) in [6, 6.07) is 22.4. The molecule has 1 unspecified atom stereocenters. The van der Waals surface area contributed by atoms with Crippen LogP contribution >= 0.6 is 0 Å². The first-order valence-electron chi connectivity index (χ1n) is 11.0. The summed E-state index contributed by atoms with van der Waals surface area (Å²) in [7, 11) is 0. The summed E-state index contributed by atoms with van der Waals surface area (Å²) in [5.41, 5.74) is 15.3. The highest BCUT2D eigenvalue weighted by Gasteiger charge is 2.36. The van der Waals surface area contributed by atoms with Gasteiger partial charge in [-0.3, -0.25) is 4.57 Å². The average Bonchev–Trinajstić information content (AvgIpc) is 3.22. The van der Waals surface area contributed by atoms with E-state index in [9.17, 15) is 0 Å². The molecule has 3 aromatic carbocycles. The van der Waals surface area contributed by atoms with Crippen molar-refractivity contribution in [2.75, 3.05) is 6.54 Å². The molecule has 3 N–H and O–H groups in total. The van der Waals surface area contributed by atoms with Crippen molar-refractivity contribution in [2.24, 2.45) is 5.73 Å². The van der Waals surface area contributed by atoms with Gasteiger partial charge in [-0.05, 0) is 59.0 Å². The molecule has 0 amide bonds. The van der Waals surface area contributed by atoms with E-state index in [1.165, 1.54) is 49.6 Å². The van der Waals surface area contributed by atoms with Gasteiger partial charge in [-0.1, -0.05) is 62.4 Å². The van der Waals surface area contributed by atoms with Crippen LogP contribution in [0.4, 0.5) is 0 Å². The maximum Gasteiger partial charge on any atom is 0.111 e. The van der Waals surface area contributed by atoms with E-state index in [0.29, 0.717) is 0 Å². The van der Waals surface area contributed by atoms with Crippen LogP contribution in [0, 0.1) is 0 Å². The van der Waals surface area contributed by atoms with Crippen LogP contribution in [-0.2, 0) is 5.41 Å². The van der Waals surface area contributed by atoms with Crippen LogP contribution in [0.1, 0.15) is 31.9 Å². The molecule has 0 saturated carbocycles. The second-order valence-corrected chi connectivity index (χ2v) is 9.37. The van der Waals surface area contributed by atoms with Crippen molar-refractivity contribution in [2.45, 2.75) is 32.2 Å². The van der Waals surface area contributed by atoms with E-state index in [-0.39, 0.29) is 11.5 Å². The molecule has 0 fully saturated rings. The van der Waals surface area contributed by atoms with Crippen molar-refractivity contribution < 1.29 is 0 Å². The molecule has 0 bridgehead atoms. The fraction of sp³-hybridized carbons (Fsp3) is 0.214. The van der Waals surface area contributed by atoms with Gasteiger partial charge in [-0.15, -0.1) is 0 Å². The number of benzene rings is 3. The van der Waals surface area contributed by atoms with E-state index < -0.39 is 0 Å². The van der Waals surface area contributed by atoms with Crippen molar-refractivity contribution in [3.63, 3.8) is 0 Å². The SMILES string of the molecule is CC(N)C1=CC=C(n2c3ccccc3c3cc4c(cc32)C(C)(C)c2ccccc2-4)NC1. The van der Waals surface area contributed by atoms with Crippen molar-refractivity contribution in [1.29, 1.82) is 0 Å². The second kappa shape index (κ2) is 6.35. The standard InChI is InChI=1S/C28H27N3/c1-17(29)18-12-13-27(30-16-18)31-25-11-7-5-9-20(25)22-14-21-19-8-4-6-10-23(19)28(2,3)24(21)15-26(22)31/h4-15,17,30H,16,29H2,1-3H3. The molecule has 0 radical (unpaired) electrons. The molecule has 1 atom stereocenters. The van der Waals surface area contributed by atoms with Gasteiger partial charge in [-0.25, -0.2) is 0 Å². The molecule has 3 heteroatoms. The molecular weight excluding hydrogens is 378 g/mol. The van der Waals surface area contributed by atoms with Gasteiger partial charge in [0.1, 0.15) is 5.82 Å². The quantitative estimate of drug-likeness (QED) is 0.444. The normalized spacial score (nSPS) is 17.7. The number of hydrogen-bond donors (Lipinski definition) is 2. The fourth-order valence-electron chi connectivity index (χ4n) is 5.39. The number of allylic oxidation sites excluding steroid dienone is 2. The highest BCUT2D eigenvalue weighted by molar-refractivity contribution is 6.12. The lowest BCUT2D eigenvalue weighted by molar-refractivity contribution is 0.661. The van der Waals surface area contributed by atoms with E-state index in [0.717, 1.165) is 12.4 Å².